The highest BCUT2D eigenvalue weighted by molar-refractivity contribution is 5.74. The summed E-state index contributed by atoms with van der Waals surface area (Å²) >= 11 is 0. The highest BCUT2D eigenvalue weighted by Gasteiger charge is 2.18. The summed E-state index contributed by atoms with van der Waals surface area (Å²) in [6.07, 6.45) is 0.721. The average molecular weight is 257 g/mol. The van der Waals surface area contributed by atoms with Crippen molar-refractivity contribution in [2.24, 2.45) is 0 Å². The normalized spacial score (nSPS) is 9.95. The second-order valence-electron chi connectivity index (χ2n) is 3.97. The van der Waals surface area contributed by atoms with Crippen LogP contribution in [0.1, 0.15) is 15.9 Å². The van der Waals surface area contributed by atoms with Gasteiger partial charge in [-0.1, -0.05) is 12.1 Å². The molecule has 0 aromatic heterocycles. The minimum absolute atomic E-state index is 0.0537. The number of carbonyl (C=O) groups is 1. The summed E-state index contributed by atoms with van der Waals surface area (Å²) in [5.74, 6) is 0.628. The number of ether oxygens (including phenoxy) is 1. The SMILES string of the molecule is Cc1cccc(Oc2ccc(C=O)cc2)c1[N+](=O)[O-]. The Bertz CT molecular complexity index is 620. The molecule has 0 fully saturated rings. The van der Waals surface area contributed by atoms with Crippen LogP contribution in [0.3, 0.4) is 0 Å². The number of benzene rings is 2. The maximum Gasteiger partial charge on any atom is 0.314 e. The van der Waals surface area contributed by atoms with Crippen LogP contribution in [0, 0.1) is 17.0 Å². The van der Waals surface area contributed by atoms with Gasteiger partial charge in [0.15, 0.2) is 0 Å². The van der Waals surface area contributed by atoms with E-state index in [1.807, 2.05) is 0 Å². The lowest BCUT2D eigenvalue weighted by Gasteiger charge is -2.07. The summed E-state index contributed by atoms with van der Waals surface area (Å²) in [5.41, 5.74) is 1.00. The molecule has 96 valence electrons. The van der Waals surface area contributed by atoms with Crippen molar-refractivity contribution in [3.05, 3.63) is 63.7 Å². The molecule has 5 nitrogen and oxygen atoms in total. The van der Waals surface area contributed by atoms with Crippen LogP contribution in [0.25, 0.3) is 0 Å². The first-order valence-electron chi connectivity index (χ1n) is 5.59. The Labute approximate surface area is 109 Å². The van der Waals surface area contributed by atoms with Gasteiger partial charge in [0.2, 0.25) is 5.75 Å². The predicted molar refractivity (Wildman–Crippen MR) is 69.7 cm³/mol. The molecule has 0 saturated carbocycles. The van der Waals surface area contributed by atoms with Crippen molar-refractivity contribution in [1.29, 1.82) is 0 Å². The number of nitro benzene ring substituents is 1. The first-order chi connectivity index (χ1) is 9.11. The van der Waals surface area contributed by atoms with Crippen molar-refractivity contribution in [3.8, 4) is 11.5 Å². The van der Waals surface area contributed by atoms with E-state index in [1.165, 1.54) is 0 Å². The molecule has 19 heavy (non-hydrogen) atoms. The van der Waals surface area contributed by atoms with Crippen LogP contribution in [-0.2, 0) is 0 Å². The molecular weight excluding hydrogens is 246 g/mol. The minimum Gasteiger partial charge on any atom is -0.450 e. The fourth-order valence-corrected chi connectivity index (χ4v) is 1.69. The third kappa shape index (κ3) is 2.77. The van der Waals surface area contributed by atoms with Gasteiger partial charge in [-0.25, -0.2) is 0 Å². The van der Waals surface area contributed by atoms with Gasteiger partial charge in [0.05, 0.1) is 4.92 Å². The molecule has 0 spiro atoms. The molecule has 0 saturated heterocycles. The zero-order chi connectivity index (χ0) is 13.8. The van der Waals surface area contributed by atoms with Crippen LogP contribution in [0.5, 0.6) is 11.5 Å². The summed E-state index contributed by atoms with van der Waals surface area (Å²) in [5, 5.41) is 11.0. The van der Waals surface area contributed by atoms with Crippen LogP contribution in [0.4, 0.5) is 5.69 Å². The van der Waals surface area contributed by atoms with E-state index in [9.17, 15) is 14.9 Å². The summed E-state index contributed by atoms with van der Waals surface area (Å²) in [6, 6.07) is 11.2. The van der Waals surface area contributed by atoms with E-state index >= 15 is 0 Å². The number of para-hydroxylation sites is 1. The van der Waals surface area contributed by atoms with Crippen molar-refractivity contribution in [3.63, 3.8) is 0 Å². The maximum atomic E-state index is 11.0. The Morgan fingerprint density at radius 3 is 2.42 bits per heavy atom. The van der Waals surface area contributed by atoms with E-state index < -0.39 is 4.92 Å². The number of carbonyl (C=O) groups excluding carboxylic acids is 1. The summed E-state index contributed by atoms with van der Waals surface area (Å²) < 4.78 is 5.49. The number of rotatable bonds is 4. The molecule has 2 aromatic carbocycles. The number of hydrogen-bond donors (Lipinski definition) is 0. The Hall–Kier alpha value is -2.69. The smallest absolute Gasteiger partial charge is 0.314 e. The van der Waals surface area contributed by atoms with Crippen LogP contribution >= 0.6 is 0 Å². The Balaban J connectivity index is 2.34. The van der Waals surface area contributed by atoms with Crippen LogP contribution < -0.4 is 4.74 Å². The molecule has 0 aliphatic heterocycles. The number of hydrogen-bond acceptors (Lipinski definition) is 4. The molecule has 0 bridgehead atoms. The van der Waals surface area contributed by atoms with Crippen molar-refractivity contribution >= 4 is 12.0 Å². The fraction of sp³-hybridized carbons (Fsp3) is 0.0714. The Morgan fingerprint density at radius 1 is 1.16 bits per heavy atom. The van der Waals surface area contributed by atoms with Gasteiger partial charge in [0, 0.05) is 11.1 Å². The molecule has 5 heteroatoms. The first-order valence-corrected chi connectivity index (χ1v) is 5.59. The average Bonchev–Trinajstić information content (AvgIpc) is 2.39. The van der Waals surface area contributed by atoms with Gasteiger partial charge in [-0.2, -0.15) is 0 Å². The van der Waals surface area contributed by atoms with E-state index in [4.69, 9.17) is 4.74 Å². The molecule has 0 atom stereocenters. The Kier molecular flexibility index (Phi) is 3.56. The summed E-state index contributed by atoms with van der Waals surface area (Å²) in [4.78, 5) is 21.1. The largest absolute Gasteiger partial charge is 0.450 e. The second kappa shape index (κ2) is 5.30. The third-order valence-corrected chi connectivity index (χ3v) is 2.63. The lowest BCUT2D eigenvalue weighted by molar-refractivity contribution is -0.386. The van der Waals surface area contributed by atoms with E-state index in [2.05, 4.69) is 0 Å². The standard InChI is InChI=1S/C14H11NO4/c1-10-3-2-4-13(14(10)15(17)18)19-12-7-5-11(9-16)6-8-12/h2-9H,1H3. The van der Waals surface area contributed by atoms with Gasteiger partial charge in [-0.05, 0) is 37.3 Å². The van der Waals surface area contributed by atoms with Crippen molar-refractivity contribution < 1.29 is 14.5 Å². The van der Waals surface area contributed by atoms with Crippen molar-refractivity contribution in [2.75, 3.05) is 0 Å². The zero-order valence-electron chi connectivity index (χ0n) is 10.2. The van der Waals surface area contributed by atoms with Gasteiger partial charge in [0.1, 0.15) is 12.0 Å². The molecule has 0 radical (unpaired) electrons. The lowest BCUT2D eigenvalue weighted by atomic mass is 10.2. The van der Waals surface area contributed by atoms with Crippen LogP contribution in [-0.4, -0.2) is 11.2 Å². The van der Waals surface area contributed by atoms with E-state index in [1.54, 1.807) is 49.4 Å². The van der Waals surface area contributed by atoms with Crippen LogP contribution in [0.15, 0.2) is 42.5 Å². The monoisotopic (exact) mass is 257 g/mol. The van der Waals surface area contributed by atoms with Gasteiger partial charge >= 0.3 is 5.69 Å². The summed E-state index contributed by atoms with van der Waals surface area (Å²) in [6.45, 7) is 1.65. The van der Waals surface area contributed by atoms with E-state index in [0.29, 0.717) is 16.9 Å². The number of aldehydes is 1. The highest BCUT2D eigenvalue weighted by atomic mass is 16.6. The van der Waals surface area contributed by atoms with Gasteiger partial charge in [0.25, 0.3) is 0 Å². The van der Waals surface area contributed by atoms with E-state index in [-0.39, 0.29) is 11.4 Å². The molecule has 0 unspecified atom stereocenters. The topological polar surface area (TPSA) is 69.4 Å². The predicted octanol–water partition coefficient (Wildman–Crippen LogP) is 3.51. The number of nitrogens with zero attached hydrogens (tertiary/aromatic N) is 1. The quantitative estimate of drug-likeness (QED) is 0.477. The zero-order valence-corrected chi connectivity index (χ0v) is 10.2. The first kappa shape index (κ1) is 12.8. The number of aryl methyl sites for hydroxylation is 1. The molecule has 0 amide bonds. The molecule has 0 N–H and O–H groups in total. The van der Waals surface area contributed by atoms with Gasteiger partial charge < -0.3 is 4.74 Å². The molecule has 0 aliphatic carbocycles. The van der Waals surface area contributed by atoms with Gasteiger partial charge in [-0.15, -0.1) is 0 Å². The highest BCUT2D eigenvalue weighted by Crippen LogP contribution is 2.33. The molecule has 0 heterocycles. The molecule has 0 aliphatic rings. The molecular formula is C14H11NO4. The minimum atomic E-state index is -0.468. The van der Waals surface area contributed by atoms with Crippen molar-refractivity contribution in [1.82, 2.24) is 0 Å². The Morgan fingerprint density at radius 2 is 1.84 bits per heavy atom. The second-order valence-corrected chi connectivity index (χ2v) is 3.97. The van der Waals surface area contributed by atoms with Crippen molar-refractivity contribution in [2.45, 2.75) is 6.92 Å². The third-order valence-electron chi connectivity index (χ3n) is 2.63. The molecule has 2 rings (SSSR count). The van der Waals surface area contributed by atoms with E-state index in [0.717, 1.165) is 6.29 Å². The van der Waals surface area contributed by atoms with Gasteiger partial charge in [-0.3, -0.25) is 14.9 Å². The summed E-state index contributed by atoms with van der Waals surface area (Å²) in [7, 11) is 0. The maximum absolute atomic E-state index is 11.0. The fourth-order valence-electron chi connectivity index (χ4n) is 1.69. The van der Waals surface area contributed by atoms with Crippen LogP contribution in [0.2, 0.25) is 0 Å². The number of nitro groups is 1. The molecule has 2 aromatic rings. The lowest BCUT2D eigenvalue weighted by Crippen LogP contribution is -1.96.